The Bertz CT molecular complexity index is 560. The van der Waals surface area contributed by atoms with Crippen molar-refractivity contribution < 1.29 is 14.3 Å². The van der Waals surface area contributed by atoms with Crippen LogP contribution in [0.3, 0.4) is 0 Å². The topological polar surface area (TPSA) is 62.5 Å². The molecule has 4 heteroatoms. The summed E-state index contributed by atoms with van der Waals surface area (Å²) >= 11 is 0. The van der Waals surface area contributed by atoms with E-state index in [1.54, 1.807) is 6.07 Å². The highest BCUT2D eigenvalue weighted by Gasteiger charge is 2.16. The third kappa shape index (κ3) is 3.48. The van der Waals surface area contributed by atoms with Crippen molar-refractivity contribution in [3.05, 3.63) is 59.5 Å². The van der Waals surface area contributed by atoms with Crippen LogP contribution in [-0.2, 0) is 6.54 Å². The van der Waals surface area contributed by atoms with E-state index < -0.39 is 5.97 Å². The Morgan fingerprint density at radius 2 is 2.00 bits per heavy atom. The van der Waals surface area contributed by atoms with Gasteiger partial charge in [-0.2, -0.15) is 0 Å². The highest BCUT2D eigenvalue weighted by atomic mass is 16.4. The maximum Gasteiger partial charge on any atom is 0.338 e. The molecule has 4 nitrogen and oxygen atoms in total. The third-order valence-corrected chi connectivity index (χ3v) is 3.22. The van der Waals surface area contributed by atoms with E-state index in [2.05, 4.69) is 31.3 Å². The van der Waals surface area contributed by atoms with Gasteiger partial charge in [-0.3, -0.25) is 0 Å². The molecule has 1 unspecified atom stereocenters. The van der Waals surface area contributed by atoms with Gasteiger partial charge < -0.3 is 14.8 Å². The summed E-state index contributed by atoms with van der Waals surface area (Å²) in [5, 5.41) is 12.3. The zero-order valence-corrected chi connectivity index (χ0v) is 11.7. The Kier molecular flexibility index (Phi) is 4.58. The van der Waals surface area contributed by atoms with E-state index in [-0.39, 0.29) is 11.6 Å². The quantitative estimate of drug-likeness (QED) is 0.846. The Morgan fingerprint density at radius 1 is 1.30 bits per heavy atom. The SMILES string of the molecule is CC(C)C(NCc1cc(C(=O)O)co1)c1ccccc1. The molecule has 1 heterocycles. The molecule has 20 heavy (non-hydrogen) atoms. The van der Waals surface area contributed by atoms with Crippen LogP contribution in [0.15, 0.2) is 47.1 Å². The van der Waals surface area contributed by atoms with Gasteiger partial charge in [0.05, 0.1) is 12.1 Å². The van der Waals surface area contributed by atoms with Crippen LogP contribution < -0.4 is 5.32 Å². The molecular formula is C16H19NO3. The van der Waals surface area contributed by atoms with Crippen LogP contribution in [0.25, 0.3) is 0 Å². The first-order valence-electron chi connectivity index (χ1n) is 6.67. The molecular weight excluding hydrogens is 254 g/mol. The summed E-state index contributed by atoms with van der Waals surface area (Å²) in [4.78, 5) is 10.8. The van der Waals surface area contributed by atoms with Crippen molar-refractivity contribution in [3.8, 4) is 0 Å². The lowest BCUT2D eigenvalue weighted by Gasteiger charge is -2.22. The normalized spacial score (nSPS) is 12.6. The second-order valence-corrected chi connectivity index (χ2v) is 5.12. The molecule has 2 aromatic rings. The van der Waals surface area contributed by atoms with Crippen molar-refractivity contribution in [1.29, 1.82) is 0 Å². The van der Waals surface area contributed by atoms with Gasteiger partial charge in [0.2, 0.25) is 0 Å². The highest BCUT2D eigenvalue weighted by Crippen LogP contribution is 2.22. The van der Waals surface area contributed by atoms with Gasteiger partial charge in [0.25, 0.3) is 0 Å². The lowest BCUT2D eigenvalue weighted by atomic mass is 9.96. The average Bonchev–Trinajstić information content (AvgIpc) is 2.89. The standard InChI is InChI=1S/C16H19NO3/c1-11(2)15(12-6-4-3-5-7-12)17-9-14-8-13(10-20-14)16(18)19/h3-8,10-11,15,17H,9H2,1-2H3,(H,18,19). The largest absolute Gasteiger partial charge is 0.478 e. The molecule has 0 aliphatic carbocycles. The molecule has 0 saturated carbocycles. The molecule has 0 aliphatic rings. The van der Waals surface area contributed by atoms with E-state index in [1.807, 2.05) is 18.2 Å². The predicted molar refractivity (Wildman–Crippen MR) is 76.5 cm³/mol. The third-order valence-electron chi connectivity index (χ3n) is 3.22. The smallest absolute Gasteiger partial charge is 0.338 e. The first-order valence-corrected chi connectivity index (χ1v) is 6.67. The number of rotatable bonds is 6. The van der Waals surface area contributed by atoms with E-state index >= 15 is 0 Å². The maximum atomic E-state index is 10.8. The molecule has 0 bridgehead atoms. The van der Waals surface area contributed by atoms with Crippen molar-refractivity contribution in [2.45, 2.75) is 26.4 Å². The fourth-order valence-corrected chi connectivity index (χ4v) is 2.19. The van der Waals surface area contributed by atoms with Gasteiger partial charge >= 0.3 is 5.97 Å². The number of hydrogen-bond acceptors (Lipinski definition) is 3. The molecule has 0 fully saturated rings. The van der Waals surface area contributed by atoms with E-state index in [4.69, 9.17) is 9.52 Å². The number of hydrogen-bond donors (Lipinski definition) is 2. The minimum absolute atomic E-state index is 0.183. The summed E-state index contributed by atoms with van der Waals surface area (Å²) in [6, 6.07) is 12.0. The first-order chi connectivity index (χ1) is 9.58. The summed E-state index contributed by atoms with van der Waals surface area (Å²) in [7, 11) is 0. The number of furan rings is 1. The fourth-order valence-electron chi connectivity index (χ4n) is 2.19. The van der Waals surface area contributed by atoms with Gasteiger partial charge in [-0.25, -0.2) is 4.79 Å². The lowest BCUT2D eigenvalue weighted by Crippen LogP contribution is -2.25. The minimum Gasteiger partial charge on any atom is -0.478 e. The zero-order chi connectivity index (χ0) is 14.5. The molecule has 0 spiro atoms. The van der Waals surface area contributed by atoms with Gasteiger partial charge in [-0.05, 0) is 17.5 Å². The number of nitrogens with one attached hydrogen (secondary N) is 1. The molecule has 0 radical (unpaired) electrons. The van der Waals surface area contributed by atoms with Crippen LogP contribution in [0.5, 0.6) is 0 Å². The van der Waals surface area contributed by atoms with Crippen LogP contribution in [0, 0.1) is 5.92 Å². The number of carbonyl (C=O) groups is 1. The molecule has 2 N–H and O–H groups in total. The predicted octanol–water partition coefficient (Wildman–Crippen LogP) is 3.46. The first kappa shape index (κ1) is 14.3. The van der Waals surface area contributed by atoms with Gasteiger partial charge in [0, 0.05) is 6.04 Å². The second kappa shape index (κ2) is 6.39. The second-order valence-electron chi connectivity index (χ2n) is 5.12. The number of carboxylic acid groups (broad SMARTS) is 1. The molecule has 0 aliphatic heterocycles. The van der Waals surface area contributed by atoms with Crippen molar-refractivity contribution in [2.24, 2.45) is 5.92 Å². The van der Waals surface area contributed by atoms with Crippen LogP contribution in [0.1, 0.15) is 41.6 Å². The lowest BCUT2D eigenvalue weighted by molar-refractivity contribution is 0.0696. The Labute approximate surface area is 118 Å². The molecule has 0 saturated heterocycles. The van der Waals surface area contributed by atoms with Crippen LogP contribution in [0.4, 0.5) is 0 Å². The molecule has 1 aromatic carbocycles. The minimum atomic E-state index is -0.969. The average molecular weight is 273 g/mol. The van der Waals surface area contributed by atoms with Gasteiger partial charge in [-0.1, -0.05) is 44.2 Å². The summed E-state index contributed by atoms with van der Waals surface area (Å²) < 4.78 is 5.25. The number of benzene rings is 1. The summed E-state index contributed by atoms with van der Waals surface area (Å²) in [6.45, 7) is 4.80. The maximum absolute atomic E-state index is 10.8. The molecule has 1 aromatic heterocycles. The van der Waals surface area contributed by atoms with Gasteiger partial charge in [-0.15, -0.1) is 0 Å². The molecule has 0 amide bonds. The van der Waals surface area contributed by atoms with Crippen LogP contribution in [-0.4, -0.2) is 11.1 Å². The van der Waals surface area contributed by atoms with Crippen LogP contribution in [0.2, 0.25) is 0 Å². The van der Waals surface area contributed by atoms with E-state index in [0.717, 1.165) is 0 Å². The molecule has 1 atom stereocenters. The Morgan fingerprint density at radius 3 is 2.55 bits per heavy atom. The van der Waals surface area contributed by atoms with Crippen molar-refractivity contribution in [2.75, 3.05) is 0 Å². The molecule has 106 valence electrons. The summed E-state index contributed by atoms with van der Waals surface area (Å²) in [6.07, 6.45) is 1.27. The zero-order valence-electron chi connectivity index (χ0n) is 11.7. The Hall–Kier alpha value is -2.07. The Balaban J connectivity index is 2.04. The monoisotopic (exact) mass is 273 g/mol. The highest BCUT2D eigenvalue weighted by molar-refractivity contribution is 5.87. The fraction of sp³-hybridized carbons (Fsp3) is 0.312. The number of aromatic carboxylic acids is 1. The van der Waals surface area contributed by atoms with E-state index in [1.165, 1.54) is 11.8 Å². The molecule has 2 rings (SSSR count). The van der Waals surface area contributed by atoms with Crippen molar-refractivity contribution in [1.82, 2.24) is 5.32 Å². The van der Waals surface area contributed by atoms with Crippen molar-refractivity contribution in [3.63, 3.8) is 0 Å². The van der Waals surface area contributed by atoms with E-state index in [9.17, 15) is 4.79 Å². The van der Waals surface area contributed by atoms with Crippen molar-refractivity contribution >= 4 is 5.97 Å². The van der Waals surface area contributed by atoms with Gasteiger partial charge in [0.15, 0.2) is 0 Å². The van der Waals surface area contributed by atoms with Crippen LogP contribution >= 0.6 is 0 Å². The van der Waals surface area contributed by atoms with Gasteiger partial charge in [0.1, 0.15) is 12.0 Å². The van der Waals surface area contributed by atoms with E-state index in [0.29, 0.717) is 18.2 Å². The summed E-state index contributed by atoms with van der Waals surface area (Å²) in [5.74, 6) is 0.0822. The number of carboxylic acids is 1. The summed E-state index contributed by atoms with van der Waals surface area (Å²) in [5.41, 5.74) is 1.40.